The van der Waals surface area contributed by atoms with Gasteiger partial charge in [0, 0.05) is 15.2 Å². The monoisotopic (exact) mass is 391 g/mol. The number of amides is 1. The maximum Gasteiger partial charge on any atom is 0.235 e. The number of hydrogen-bond acceptors (Lipinski definition) is 1. The molecule has 0 radical (unpaired) electrons. The van der Waals surface area contributed by atoms with E-state index in [2.05, 4.69) is 33.4 Å². The Balaban J connectivity index is 1.91. The Hall–Kier alpha value is -1.32. The van der Waals surface area contributed by atoms with Crippen molar-refractivity contribution in [1.29, 1.82) is 0 Å². The summed E-state index contributed by atoms with van der Waals surface area (Å²) in [5.41, 5.74) is 2.49. The van der Waals surface area contributed by atoms with Crippen LogP contribution in [0.3, 0.4) is 0 Å². The van der Waals surface area contributed by atoms with Gasteiger partial charge in [0.1, 0.15) is 0 Å². The highest BCUT2D eigenvalue weighted by Gasteiger charge is 2.42. The van der Waals surface area contributed by atoms with Crippen molar-refractivity contribution in [2.75, 3.05) is 5.32 Å². The van der Waals surface area contributed by atoms with E-state index in [0.29, 0.717) is 5.02 Å². The smallest absolute Gasteiger partial charge is 0.235 e. The SMILES string of the molecule is Cc1cc(Cl)ccc1NC(=O)C1(c2ccc(Br)cc2)CCCC1. The Morgan fingerprint density at radius 2 is 1.78 bits per heavy atom. The van der Waals surface area contributed by atoms with Crippen LogP contribution in [0.4, 0.5) is 5.69 Å². The topological polar surface area (TPSA) is 29.1 Å². The molecule has 1 aliphatic carbocycles. The highest BCUT2D eigenvalue weighted by molar-refractivity contribution is 9.10. The van der Waals surface area contributed by atoms with Gasteiger partial charge in [-0.3, -0.25) is 4.79 Å². The maximum atomic E-state index is 13.1. The number of carbonyl (C=O) groups is 1. The molecule has 4 heteroatoms. The predicted molar refractivity (Wildman–Crippen MR) is 99.1 cm³/mol. The zero-order chi connectivity index (χ0) is 16.4. The van der Waals surface area contributed by atoms with Crippen LogP contribution in [0.25, 0.3) is 0 Å². The van der Waals surface area contributed by atoms with Crippen LogP contribution in [-0.4, -0.2) is 5.91 Å². The van der Waals surface area contributed by atoms with Gasteiger partial charge in [0.15, 0.2) is 0 Å². The Bertz CT molecular complexity index is 721. The molecule has 1 N–H and O–H groups in total. The van der Waals surface area contributed by atoms with E-state index in [1.54, 1.807) is 0 Å². The van der Waals surface area contributed by atoms with Crippen LogP contribution in [-0.2, 0) is 10.2 Å². The molecule has 0 unspecified atom stereocenters. The van der Waals surface area contributed by atoms with Crippen molar-refractivity contribution in [2.24, 2.45) is 0 Å². The van der Waals surface area contributed by atoms with Crippen LogP contribution in [0.5, 0.6) is 0 Å². The summed E-state index contributed by atoms with van der Waals surface area (Å²) in [6.45, 7) is 1.96. The second-order valence-corrected chi connectivity index (χ2v) is 7.56. The van der Waals surface area contributed by atoms with Gasteiger partial charge in [0.25, 0.3) is 0 Å². The third-order valence-corrected chi connectivity index (χ3v) is 5.49. The summed E-state index contributed by atoms with van der Waals surface area (Å²) in [6.07, 6.45) is 3.96. The molecule has 1 fully saturated rings. The molecule has 2 aromatic carbocycles. The first-order chi connectivity index (χ1) is 11.0. The van der Waals surface area contributed by atoms with Crippen molar-refractivity contribution in [3.63, 3.8) is 0 Å². The van der Waals surface area contributed by atoms with E-state index < -0.39 is 5.41 Å². The number of aryl methyl sites for hydroxylation is 1. The molecule has 0 spiro atoms. The fraction of sp³-hybridized carbons (Fsp3) is 0.316. The van der Waals surface area contributed by atoms with Gasteiger partial charge in [-0.1, -0.05) is 52.5 Å². The molecule has 0 saturated heterocycles. The first-order valence-corrected chi connectivity index (χ1v) is 9.02. The number of hydrogen-bond donors (Lipinski definition) is 1. The molecule has 120 valence electrons. The second kappa shape index (κ2) is 6.66. The summed E-state index contributed by atoms with van der Waals surface area (Å²) >= 11 is 9.47. The van der Waals surface area contributed by atoms with Crippen LogP contribution >= 0.6 is 27.5 Å². The molecule has 0 heterocycles. The predicted octanol–water partition coefficient (Wildman–Crippen LogP) is 5.86. The molecule has 0 atom stereocenters. The number of carbonyl (C=O) groups excluding carboxylic acids is 1. The summed E-state index contributed by atoms with van der Waals surface area (Å²) < 4.78 is 1.03. The summed E-state index contributed by atoms with van der Waals surface area (Å²) in [6, 6.07) is 13.7. The van der Waals surface area contributed by atoms with E-state index in [0.717, 1.165) is 47.0 Å². The number of benzene rings is 2. The average molecular weight is 393 g/mol. The molecule has 2 aromatic rings. The number of anilines is 1. The minimum atomic E-state index is -0.424. The second-order valence-electron chi connectivity index (χ2n) is 6.21. The van der Waals surface area contributed by atoms with E-state index >= 15 is 0 Å². The van der Waals surface area contributed by atoms with Crippen LogP contribution < -0.4 is 5.32 Å². The molecule has 1 amide bonds. The van der Waals surface area contributed by atoms with Crippen LogP contribution in [0.2, 0.25) is 5.02 Å². The molecule has 23 heavy (non-hydrogen) atoms. The van der Waals surface area contributed by atoms with E-state index in [9.17, 15) is 4.79 Å². The zero-order valence-electron chi connectivity index (χ0n) is 13.0. The number of rotatable bonds is 3. The summed E-state index contributed by atoms with van der Waals surface area (Å²) in [4.78, 5) is 13.1. The lowest BCUT2D eigenvalue weighted by atomic mass is 9.78. The zero-order valence-corrected chi connectivity index (χ0v) is 15.4. The fourth-order valence-corrected chi connectivity index (χ4v) is 3.89. The van der Waals surface area contributed by atoms with Crippen LogP contribution in [0, 0.1) is 6.92 Å². The molecular formula is C19H19BrClNO. The third-order valence-electron chi connectivity index (χ3n) is 4.73. The first kappa shape index (κ1) is 16.5. The van der Waals surface area contributed by atoms with E-state index in [1.807, 2.05) is 37.3 Å². The van der Waals surface area contributed by atoms with Crippen molar-refractivity contribution in [1.82, 2.24) is 0 Å². The van der Waals surface area contributed by atoms with Crippen molar-refractivity contribution in [2.45, 2.75) is 38.0 Å². The van der Waals surface area contributed by atoms with Crippen molar-refractivity contribution in [3.8, 4) is 0 Å². The van der Waals surface area contributed by atoms with E-state index in [1.165, 1.54) is 0 Å². The third kappa shape index (κ3) is 3.31. The van der Waals surface area contributed by atoms with Crippen LogP contribution in [0.1, 0.15) is 36.8 Å². The van der Waals surface area contributed by atoms with Gasteiger partial charge in [-0.25, -0.2) is 0 Å². The lowest BCUT2D eigenvalue weighted by Crippen LogP contribution is -2.38. The van der Waals surface area contributed by atoms with Gasteiger partial charge < -0.3 is 5.32 Å². The van der Waals surface area contributed by atoms with Gasteiger partial charge in [-0.05, 0) is 61.2 Å². The van der Waals surface area contributed by atoms with Gasteiger partial charge in [0.05, 0.1) is 5.41 Å². The maximum absolute atomic E-state index is 13.1. The lowest BCUT2D eigenvalue weighted by molar-refractivity contribution is -0.121. The fourth-order valence-electron chi connectivity index (χ4n) is 3.40. The number of halogens is 2. The Labute approximate surface area is 150 Å². The first-order valence-electron chi connectivity index (χ1n) is 7.85. The van der Waals surface area contributed by atoms with Crippen LogP contribution in [0.15, 0.2) is 46.9 Å². The van der Waals surface area contributed by atoms with Crippen molar-refractivity contribution < 1.29 is 4.79 Å². The molecule has 0 bridgehead atoms. The van der Waals surface area contributed by atoms with Crippen molar-refractivity contribution in [3.05, 3.63) is 63.1 Å². The Morgan fingerprint density at radius 3 is 2.39 bits per heavy atom. The molecule has 0 aliphatic heterocycles. The molecule has 3 rings (SSSR count). The highest BCUT2D eigenvalue weighted by atomic mass is 79.9. The largest absolute Gasteiger partial charge is 0.325 e. The Kier molecular flexibility index (Phi) is 4.79. The molecule has 1 aliphatic rings. The van der Waals surface area contributed by atoms with Gasteiger partial charge in [0.2, 0.25) is 5.91 Å². The molecule has 1 saturated carbocycles. The van der Waals surface area contributed by atoms with Gasteiger partial charge >= 0.3 is 0 Å². The summed E-state index contributed by atoms with van der Waals surface area (Å²) in [7, 11) is 0. The average Bonchev–Trinajstić information content (AvgIpc) is 3.01. The normalized spacial score (nSPS) is 16.3. The van der Waals surface area contributed by atoms with Gasteiger partial charge in [-0.2, -0.15) is 0 Å². The quantitative estimate of drug-likeness (QED) is 0.696. The molecule has 2 nitrogen and oxygen atoms in total. The highest BCUT2D eigenvalue weighted by Crippen LogP contribution is 2.42. The van der Waals surface area contributed by atoms with E-state index in [4.69, 9.17) is 11.6 Å². The van der Waals surface area contributed by atoms with E-state index in [-0.39, 0.29) is 5.91 Å². The minimum Gasteiger partial charge on any atom is -0.325 e. The minimum absolute atomic E-state index is 0.0859. The summed E-state index contributed by atoms with van der Waals surface area (Å²) in [5.74, 6) is 0.0859. The van der Waals surface area contributed by atoms with Crippen molar-refractivity contribution >= 4 is 39.1 Å². The Morgan fingerprint density at radius 1 is 1.13 bits per heavy atom. The van der Waals surface area contributed by atoms with Gasteiger partial charge in [-0.15, -0.1) is 0 Å². The number of nitrogens with one attached hydrogen (secondary N) is 1. The standard InChI is InChI=1S/C19H19BrClNO/c1-13-12-16(21)8-9-17(13)22-18(23)19(10-2-3-11-19)14-4-6-15(20)7-5-14/h4-9,12H,2-3,10-11H2,1H3,(H,22,23). The molecular weight excluding hydrogens is 374 g/mol. The molecule has 0 aromatic heterocycles. The lowest BCUT2D eigenvalue weighted by Gasteiger charge is -2.28. The summed E-state index contributed by atoms with van der Waals surface area (Å²) in [5, 5.41) is 3.81.